The number of nitrogens with zero attached hydrogens (tertiary/aromatic N) is 2. The second kappa shape index (κ2) is 4.86. The molecule has 1 aromatic rings. The van der Waals surface area contributed by atoms with Crippen LogP contribution in [0.4, 0.5) is 0 Å². The summed E-state index contributed by atoms with van der Waals surface area (Å²) in [5, 5.41) is 8.92. The molecule has 6 heteroatoms. The second-order valence-corrected chi connectivity index (χ2v) is 5.32. The van der Waals surface area contributed by atoms with E-state index in [0.717, 1.165) is 19.3 Å². The molecule has 0 bridgehead atoms. The number of aromatic nitrogens is 1. The topological polar surface area (TPSA) is 79.7 Å². The van der Waals surface area contributed by atoms with Crippen LogP contribution in [0.2, 0.25) is 0 Å². The Hall–Kier alpha value is -1.95. The number of ether oxygens (including phenoxy) is 1. The largest absolute Gasteiger partial charge is 0.477 e. The van der Waals surface area contributed by atoms with Crippen LogP contribution in [0.25, 0.3) is 0 Å². The molecule has 1 N–H and O–H groups in total. The fourth-order valence-corrected chi connectivity index (χ4v) is 2.73. The Morgan fingerprint density at radius 1 is 1.30 bits per heavy atom. The predicted molar refractivity (Wildman–Crippen MR) is 69.6 cm³/mol. The van der Waals surface area contributed by atoms with Crippen LogP contribution in [0.3, 0.4) is 0 Å². The predicted octanol–water partition coefficient (Wildman–Crippen LogP) is 1.17. The Labute approximate surface area is 116 Å². The van der Waals surface area contributed by atoms with Gasteiger partial charge in [-0.1, -0.05) is 6.07 Å². The summed E-state index contributed by atoms with van der Waals surface area (Å²) in [6, 6.07) is 4.48. The van der Waals surface area contributed by atoms with Crippen LogP contribution in [0, 0.1) is 0 Å². The Morgan fingerprint density at radius 2 is 2.05 bits per heavy atom. The van der Waals surface area contributed by atoms with E-state index in [2.05, 4.69) is 4.98 Å². The molecule has 3 rings (SSSR count). The maximum absolute atomic E-state index is 12.4. The minimum absolute atomic E-state index is 0.109. The molecular weight excluding hydrogens is 260 g/mol. The SMILES string of the molecule is O=C(O)c1cccc(C(=O)N2CCOC3(CCC3)C2)n1. The fourth-order valence-electron chi connectivity index (χ4n) is 2.73. The van der Waals surface area contributed by atoms with Crippen LogP contribution < -0.4 is 0 Å². The molecule has 0 radical (unpaired) electrons. The molecule has 1 spiro atoms. The lowest BCUT2D eigenvalue weighted by Crippen LogP contribution is -2.57. The van der Waals surface area contributed by atoms with Gasteiger partial charge < -0.3 is 14.7 Å². The lowest BCUT2D eigenvalue weighted by atomic mass is 9.79. The van der Waals surface area contributed by atoms with Crippen LogP contribution >= 0.6 is 0 Å². The van der Waals surface area contributed by atoms with Crippen molar-refractivity contribution < 1.29 is 19.4 Å². The van der Waals surface area contributed by atoms with Gasteiger partial charge in [0.2, 0.25) is 0 Å². The van der Waals surface area contributed by atoms with Crippen molar-refractivity contribution in [3.8, 4) is 0 Å². The van der Waals surface area contributed by atoms with Crippen molar-refractivity contribution in [3.63, 3.8) is 0 Å². The van der Waals surface area contributed by atoms with Crippen LogP contribution in [-0.4, -0.2) is 52.2 Å². The first-order chi connectivity index (χ1) is 9.60. The molecule has 1 saturated heterocycles. The normalized spacial score (nSPS) is 20.5. The monoisotopic (exact) mass is 276 g/mol. The van der Waals surface area contributed by atoms with E-state index in [0.29, 0.717) is 19.7 Å². The lowest BCUT2D eigenvalue weighted by molar-refractivity contribution is -0.142. The van der Waals surface area contributed by atoms with Crippen LogP contribution in [0.5, 0.6) is 0 Å². The minimum Gasteiger partial charge on any atom is -0.477 e. The van der Waals surface area contributed by atoms with Gasteiger partial charge >= 0.3 is 5.97 Å². The summed E-state index contributed by atoms with van der Waals surface area (Å²) in [7, 11) is 0. The summed E-state index contributed by atoms with van der Waals surface area (Å²) >= 11 is 0. The van der Waals surface area contributed by atoms with E-state index >= 15 is 0 Å². The molecule has 106 valence electrons. The number of morpholine rings is 1. The number of hydrogen-bond donors (Lipinski definition) is 1. The molecule has 2 heterocycles. The first-order valence-electron chi connectivity index (χ1n) is 6.73. The Morgan fingerprint density at radius 3 is 2.70 bits per heavy atom. The van der Waals surface area contributed by atoms with Gasteiger partial charge in [0.15, 0.2) is 0 Å². The maximum atomic E-state index is 12.4. The van der Waals surface area contributed by atoms with Crippen LogP contribution in [0.15, 0.2) is 18.2 Å². The van der Waals surface area contributed by atoms with Crippen molar-refractivity contribution in [2.45, 2.75) is 24.9 Å². The summed E-state index contributed by atoms with van der Waals surface area (Å²) in [6.45, 7) is 1.63. The highest BCUT2D eigenvalue weighted by atomic mass is 16.5. The molecule has 0 aromatic carbocycles. The van der Waals surface area contributed by atoms with Crippen molar-refractivity contribution in [1.82, 2.24) is 9.88 Å². The third kappa shape index (κ3) is 2.27. The van der Waals surface area contributed by atoms with E-state index in [4.69, 9.17) is 9.84 Å². The molecule has 20 heavy (non-hydrogen) atoms. The number of carbonyl (C=O) groups excluding carboxylic acids is 1. The Balaban J connectivity index is 1.78. The smallest absolute Gasteiger partial charge is 0.354 e. The molecule has 2 fully saturated rings. The van der Waals surface area contributed by atoms with Crippen molar-refractivity contribution in [2.75, 3.05) is 19.7 Å². The quantitative estimate of drug-likeness (QED) is 0.877. The number of rotatable bonds is 2. The standard InChI is InChI=1S/C14H16N2O4/c17-12(10-3-1-4-11(15-10)13(18)19)16-7-8-20-14(9-16)5-2-6-14/h1,3-4H,2,5-9H2,(H,18,19). The Kier molecular flexibility index (Phi) is 3.17. The van der Waals surface area contributed by atoms with E-state index in [9.17, 15) is 9.59 Å². The molecule has 1 saturated carbocycles. The van der Waals surface area contributed by atoms with Crippen molar-refractivity contribution >= 4 is 11.9 Å². The molecule has 0 atom stereocenters. The number of carbonyl (C=O) groups is 2. The zero-order valence-corrected chi connectivity index (χ0v) is 11.0. The van der Waals surface area contributed by atoms with Gasteiger partial charge in [0.05, 0.1) is 18.8 Å². The third-order valence-corrected chi connectivity index (χ3v) is 3.99. The van der Waals surface area contributed by atoms with Crippen molar-refractivity contribution in [3.05, 3.63) is 29.6 Å². The highest BCUT2D eigenvalue weighted by Crippen LogP contribution is 2.38. The number of aromatic carboxylic acids is 1. The van der Waals surface area contributed by atoms with E-state index < -0.39 is 5.97 Å². The van der Waals surface area contributed by atoms with Gasteiger partial charge in [0.1, 0.15) is 11.4 Å². The van der Waals surface area contributed by atoms with Gasteiger partial charge in [-0.05, 0) is 31.4 Å². The van der Waals surface area contributed by atoms with Gasteiger partial charge in [0, 0.05) is 6.54 Å². The summed E-state index contributed by atoms with van der Waals surface area (Å²) in [5.74, 6) is -1.35. The molecular formula is C14H16N2O4. The van der Waals surface area contributed by atoms with Crippen LogP contribution in [-0.2, 0) is 4.74 Å². The average molecular weight is 276 g/mol. The van der Waals surface area contributed by atoms with Gasteiger partial charge in [-0.2, -0.15) is 0 Å². The van der Waals surface area contributed by atoms with Gasteiger partial charge in [-0.25, -0.2) is 9.78 Å². The molecule has 1 aliphatic carbocycles. The van der Waals surface area contributed by atoms with Crippen molar-refractivity contribution in [2.24, 2.45) is 0 Å². The molecule has 1 amide bonds. The van der Waals surface area contributed by atoms with Gasteiger partial charge in [-0.15, -0.1) is 0 Å². The highest BCUT2D eigenvalue weighted by molar-refractivity contribution is 5.94. The molecule has 1 aromatic heterocycles. The number of pyridine rings is 1. The maximum Gasteiger partial charge on any atom is 0.354 e. The minimum atomic E-state index is -1.13. The summed E-state index contributed by atoms with van der Waals surface area (Å²) in [5.41, 5.74) is -0.0954. The zero-order valence-electron chi connectivity index (χ0n) is 11.0. The number of hydrogen-bond acceptors (Lipinski definition) is 4. The lowest BCUT2D eigenvalue weighted by Gasteiger charge is -2.48. The average Bonchev–Trinajstić information content (AvgIpc) is 2.45. The number of carboxylic acid groups (broad SMARTS) is 1. The van der Waals surface area contributed by atoms with E-state index in [1.54, 1.807) is 17.0 Å². The second-order valence-electron chi connectivity index (χ2n) is 5.32. The number of carboxylic acids is 1. The Bertz CT molecular complexity index is 554. The first kappa shape index (κ1) is 13.1. The fraction of sp³-hybridized carbons (Fsp3) is 0.500. The third-order valence-electron chi connectivity index (χ3n) is 3.99. The van der Waals surface area contributed by atoms with E-state index in [1.807, 2.05) is 0 Å². The zero-order chi connectivity index (χ0) is 14.2. The molecule has 2 aliphatic rings. The molecule has 0 unspecified atom stereocenters. The van der Waals surface area contributed by atoms with Gasteiger partial charge in [0.25, 0.3) is 5.91 Å². The molecule has 1 aliphatic heterocycles. The summed E-state index contributed by atoms with van der Waals surface area (Å²) in [4.78, 5) is 28.9. The van der Waals surface area contributed by atoms with E-state index in [-0.39, 0.29) is 22.9 Å². The highest BCUT2D eigenvalue weighted by Gasteiger charge is 2.43. The van der Waals surface area contributed by atoms with Crippen LogP contribution in [0.1, 0.15) is 40.2 Å². The number of amides is 1. The van der Waals surface area contributed by atoms with E-state index in [1.165, 1.54) is 6.07 Å². The summed E-state index contributed by atoms with van der Waals surface area (Å²) < 4.78 is 5.77. The van der Waals surface area contributed by atoms with Crippen molar-refractivity contribution in [1.29, 1.82) is 0 Å². The first-order valence-corrected chi connectivity index (χ1v) is 6.73. The summed E-state index contributed by atoms with van der Waals surface area (Å²) in [6.07, 6.45) is 3.10. The molecule has 6 nitrogen and oxygen atoms in total. The van der Waals surface area contributed by atoms with Gasteiger partial charge in [-0.3, -0.25) is 4.79 Å².